The highest BCUT2D eigenvalue weighted by atomic mass is 35.5. The minimum atomic E-state index is -0.703. The molecular weight excluding hydrogens is 587 g/mol. The zero-order valence-corrected chi connectivity index (χ0v) is 25.7. The molecule has 10 heteroatoms. The number of hydrogen-bond acceptors (Lipinski definition) is 7. The van der Waals surface area contributed by atoms with E-state index in [0.717, 1.165) is 22.3 Å². The maximum Gasteiger partial charge on any atom is 0.271 e. The molecule has 0 spiro atoms. The maximum atomic E-state index is 14.0. The van der Waals surface area contributed by atoms with Crippen LogP contribution in [0, 0.1) is 40.7 Å². The number of Topliss-reactive ketones (excluding diaryl/α,β-unsaturated/α-hetero) is 1. The number of allylic oxidation sites excluding steroid dienone is 3. The SMILES string of the molecule is Cc1cc(COc2ccc(Cl)cc2)c(C)c(C2C(C#N)=C(N)N(c3ccc([N+](=O)[O-])cc3Cl)C3=C2C(=O)CC(C)(C)C3)c1. The number of ketones is 1. The van der Waals surface area contributed by atoms with Crippen LogP contribution in [0.15, 0.2) is 77.3 Å². The predicted molar refractivity (Wildman–Crippen MR) is 167 cm³/mol. The molecule has 0 amide bonds. The van der Waals surface area contributed by atoms with Crippen molar-refractivity contribution in [1.29, 1.82) is 5.26 Å². The molecule has 0 saturated heterocycles. The molecule has 5 rings (SSSR count). The van der Waals surface area contributed by atoms with Crippen molar-refractivity contribution < 1.29 is 14.5 Å². The number of rotatable bonds is 6. The van der Waals surface area contributed by atoms with Gasteiger partial charge in [-0.15, -0.1) is 0 Å². The summed E-state index contributed by atoms with van der Waals surface area (Å²) in [6.45, 7) is 8.19. The third-order valence-corrected chi connectivity index (χ3v) is 8.54. The fourth-order valence-electron chi connectivity index (χ4n) is 5.99. The summed E-state index contributed by atoms with van der Waals surface area (Å²) in [4.78, 5) is 26.5. The Labute approximate surface area is 260 Å². The van der Waals surface area contributed by atoms with E-state index in [-0.39, 0.29) is 34.5 Å². The van der Waals surface area contributed by atoms with Gasteiger partial charge in [-0.05, 0) is 72.7 Å². The molecule has 3 aromatic rings. The van der Waals surface area contributed by atoms with Crippen LogP contribution >= 0.6 is 23.2 Å². The van der Waals surface area contributed by atoms with E-state index in [1.807, 2.05) is 39.8 Å². The van der Waals surface area contributed by atoms with Gasteiger partial charge in [0, 0.05) is 34.8 Å². The van der Waals surface area contributed by atoms with Crippen LogP contribution in [0.25, 0.3) is 0 Å². The number of ether oxygens (including phenoxy) is 1. The standard InChI is InChI=1S/C33H30Cl2N4O4/c1-18-11-20(17-43-23-8-5-21(34)6-9-23)19(2)24(12-18)30-25(16-36)32(37)38(27-10-7-22(39(41)42)13-26(27)35)28-14-33(3,4)15-29(40)31(28)30/h5-13,30H,14-15,17,37H2,1-4H3. The van der Waals surface area contributed by atoms with Crippen LogP contribution in [0.5, 0.6) is 5.75 Å². The number of nitro benzene ring substituents is 1. The van der Waals surface area contributed by atoms with Crippen molar-refractivity contribution in [3.8, 4) is 11.8 Å². The number of carbonyl (C=O) groups excluding carboxylic acids is 1. The van der Waals surface area contributed by atoms with E-state index in [1.165, 1.54) is 18.2 Å². The number of nitrogens with zero attached hydrogens (tertiary/aromatic N) is 3. The van der Waals surface area contributed by atoms with E-state index in [4.69, 9.17) is 33.7 Å². The Hall–Kier alpha value is -4.32. The number of nitro groups is 1. The summed E-state index contributed by atoms with van der Waals surface area (Å²) in [5.41, 5.74) is 11.4. The molecule has 43 heavy (non-hydrogen) atoms. The van der Waals surface area contributed by atoms with Crippen molar-refractivity contribution in [2.24, 2.45) is 11.1 Å². The lowest BCUT2D eigenvalue weighted by molar-refractivity contribution is -0.384. The Bertz CT molecular complexity index is 1770. The fourth-order valence-corrected chi connectivity index (χ4v) is 6.38. The first-order valence-electron chi connectivity index (χ1n) is 13.7. The zero-order valence-electron chi connectivity index (χ0n) is 24.2. The second kappa shape index (κ2) is 11.4. The van der Waals surface area contributed by atoms with E-state index < -0.39 is 16.3 Å². The lowest BCUT2D eigenvalue weighted by Crippen LogP contribution is -2.42. The highest BCUT2D eigenvalue weighted by molar-refractivity contribution is 6.33. The number of hydrogen-bond donors (Lipinski definition) is 1. The summed E-state index contributed by atoms with van der Waals surface area (Å²) in [6, 6.07) is 17.5. The second-order valence-electron chi connectivity index (χ2n) is 11.8. The number of carbonyl (C=O) groups is 1. The molecule has 3 aromatic carbocycles. The average molecular weight is 618 g/mol. The Kier molecular flexibility index (Phi) is 7.99. The third-order valence-electron chi connectivity index (χ3n) is 7.98. The minimum Gasteiger partial charge on any atom is -0.489 e. The average Bonchev–Trinajstić information content (AvgIpc) is 2.93. The van der Waals surface area contributed by atoms with Gasteiger partial charge in [-0.3, -0.25) is 19.8 Å². The van der Waals surface area contributed by atoms with Gasteiger partial charge in [-0.1, -0.05) is 54.7 Å². The summed E-state index contributed by atoms with van der Waals surface area (Å²) in [5.74, 6) is 0.00862. The number of nitriles is 1. The van der Waals surface area contributed by atoms with Crippen LogP contribution in [-0.2, 0) is 11.4 Å². The Balaban J connectivity index is 1.68. The van der Waals surface area contributed by atoms with Gasteiger partial charge in [0.2, 0.25) is 0 Å². The highest BCUT2D eigenvalue weighted by Gasteiger charge is 2.45. The molecular formula is C33H30Cl2N4O4. The van der Waals surface area contributed by atoms with Crippen LogP contribution in [0.2, 0.25) is 10.0 Å². The smallest absolute Gasteiger partial charge is 0.271 e. The summed E-state index contributed by atoms with van der Waals surface area (Å²) in [7, 11) is 0. The number of nitrogens with two attached hydrogens (primary N) is 1. The Morgan fingerprint density at radius 1 is 1.12 bits per heavy atom. The molecule has 2 N–H and O–H groups in total. The first-order valence-corrected chi connectivity index (χ1v) is 14.5. The van der Waals surface area contributed by atoms with Gasteiger partial charge < -0.3 is 10.5 Å². The zero-order chi connectivity index (χ0) is 31.2. The molecule has 8 nitrogen and oxygen atoms in total. The van der Waals surface area contributed by atoms with Gasteiger partial charge in [-0.2, -0.15) is 5.26 Å². The number of aryl methyl sites for hydroxylation is 1. The van der Waals surface area contributed by atoms with Gasteiger partial charge in [0.05, 0.1) is 33.2 Å². The largest absolute Gasteiger partial charge is 0.489 e. The second-order valence-corrected chi connectivity index (χ2v) is 12.6. The van der Waals surface area contributed by atoms with Crippen molar-refractivity contribution in [3.63, 3.8) is 0 Å². The molecule has 1 atom stereocenters. The van der Waals surface area contributed by atoms with Crippen LogP contribution in [0.4, 0.5) is 11.4 Å². The summed E-state index contributed by atoms with van der Waals surface area (Å²) >= 11 is 12.6. The molecule has 0 fully saturated rings. The van der Waals surface area contributed by atoms with Gasteiger partial charge in [0.25, 0.3) is 5.69 Å². The van der Waals surface area contributed by atoms with Gasteiger partial charge in [0.15, 0.2) is 5.78 Å². The van der Waals surface area contributed by atoms with Crippen molar-refractivity contribution >= 4 is 40.4 Å². The molecule has 1 aliphatic carbocycles. The maximum absolute atomic E-state index is 14.0. The van der Waals surface area contributed by atoms with Gasteiger partial charge >= 0.3 is 0 Å². The fraction of sp³-hybridized carbons (Fsp3) is 0.273. The number of anilines is 1. The monoisotopic (exact) mass is 616 g/mol. The Morgan fingerprint density at radius 2 is 1.81 bits per heavy atom. The number of non-ortho nitro benzene ring substituents is 1. The quantitative estimate of drug-likeness (QED) is 0.219. The molecule has 1 unspecified atom stereocenters. The molecule has 0 radical (unpaired) electrons. The first kappa shape index (κ1) is 30.1. The topological polar surface area (TPSA) is 122 Å². The van der Waals surface area contributed by atoms with Crippen molar-refractivity contribution in [3.05, 3.63) is 120 Å². The molecule has 1 heterocycles. The van der Waals surface area contributed by atoms with Gasteiger partial charge in [0.1, 0.15) is 18.2 Å². The summed E-state index contributed by atoms with van der Waals surface area (Å²) in [5, 5.41) is 22.6. The van der Waals surface area contributed by atoms with E-state index in [1.54, 1.807) is 29.2 Å². The van der Waals surface area contributed by atoms with Crippen LogP contribution in [0.3, 0.4) is 0 Å². The molecule has 0 bridgehead atoms. The van der Waals surface area contributed by atoms with Crippen molar-refractivity contribution in [2.45, 2.75) is 53.1 Å². The number of halogens is 2. The summed E-state index contributed by atoms with van der Waals surface area (Å²) in [6.07, 6.45) is 0.773. The van der Waals surface area contributed by atoms with Crippen LogP contribution in [0.1, 0.15) is 54.9 Å². The van der Waals surface area contributed by atoms with E-state index in [9.17, 15) is 20.2 Å². The van der Waals surface area contributed by atoms with E-state index in [0.29, 0.717) is 40.6 Å². The van der Waals surface area contributed by atoms with Crippen molar-refractivity contribution in [2.75, 3.05) is 4.90 Å². The van der Waals surface area contributed by atoms with Crippen LogP contribution in [-0.4, -0.2) is 10.7 Å². The first-order chi connectivity index (χ1) is 20.3. The Morgan fingerprint density at radius 3 is 2.44 bits per heavy atom. The normalized spacial score (nSPS) is 17.9. The van der Waals surface area contributed by atoms with E-state index >= 15 is 0 Å². The molecule has 1 aliphatic heterocycles. The third kappa shape index (κ3) is 5.71. The number of benzene rings is 3. The molecule has 2 aliphatic rings. The molecule has 220 valence electrons. The van der Waals surface area contributed by atoms with Gasteiger partial charge in [-0.25, -0.2) is 0 Å². The highest BCUT2D eigenvalue weighted by Crippen LogP contribution is 2.52. The molecule has 0 saturated carbocycles. The predicted octanol–water partition coefficient (Wildman–Crippen LogP) is 8.04. The lowest BCUT2D eigenvalue weighted by Gasteiger charge is -2.44. The lowest BCUT2D eigenvalue weighted by atomic mass is 9.68. The van der Waals surface area contributed by atoms with E-state index in [2.05, 4.69) is 6.07 Å². The summed E-state index contributed by atoms with van der Waals surface area (Å²) < 4.78 is 6.06. The van der Waals surface area contributed by atoms with Crippen LogP contribution < -0.4 is 15.4 Å². The van der Waals surface area contributed by atoms with Crippen molar-refractivity contribution in [1.82, 2.24) is 0 Å². The minimum absolute atomic E-state index is 0.0839. The molecule has 0 aromatic heterocycles.